The molecular weight excluding hydrogens is 360 g/mol. The molecule has 0 saturated heterocycles. The summed E-state index contributed by atoms with van der Waals surface area (Å²) in [6.07, 6.45) is 7.78. The fourth-order valence-corrected chi connectivity index (χ4v) is 4.13. The van der Waals surface area contributed by atoms with Gasteiger partial charge in [0.15, 0.2) is 5.65 Å². The van der Waals surface area contributed by atoms with Gasteiger partial charge in [0.1, 0.15) is 5.69 Å². The topological polar surface area (TPSA) is 61.4 Å². The minimum Gasteiger partial charge on any atom is -0.268 e. The molecule has 140 valence electrons. The van der Waals surface area contributed by atoms with Crippen LogP contribution in [0.1, 0.15) is 12.1 Å². The lowest BCUT2D eigenvalue weighted by Crippen LogP contribution is -1.97. The lowest BCUT2D eigenvalue weighted by Gasteiger charge is -2.06. The second-order valence-corrected chi connectivity index (χ2v) is 7.24. The van der Waals surface area contributed by atoms with Gasteiger partial charge in [0.25, 0.3) is 0 Å². The molecule has 0 bridgehead atoms. The van der Waals surface area contributed by atoms with E-state index in [1.807, 2.05) is 71.8 Å². The van der Waals surface area contributed by atoms with Crippen molar-refractivity contribution >= 4 is 11.0 Å². The molecule has 4 aromatic heterocycles. The summed E-state index contributed by atoms with van der Waals surface area (Å²) >= 11 is 0. The molecule has 0 saturated carbocycles. The predicted octanol–water partition coefficient (Wildman–Crippen LogP) is 4.29. The van der Waals surface area contributed by atoms with Crippen molar-refractivity contribution < 1.29 is 0 Å². The quantitative estimate of drug-likeness (QED) is 0.470. The Bertz CT molecular complexity index is 1320. The Morgan fingerprint density at radius 1 is 0.897 bits per heavy atom. The largest absolute Gasteiger partial charge is 0.268 e. The number of para-hydroxylation sites is 1. The van der Waals surface area contributed by atoms with Crippen LogP contribution in [-0.2, 0) is 13.0 Å². The Labute approximate surface area is 167 Å². The summed E-state index contributed by atoms with van der Waals surface area (Å²) in [5.74, 6) is 0. The van der Waals surface area contributed by atoms with Crippen molar-refractivity contribution in [3.8, 4) is 28.2 Å². The van der Waals surface area contributed by atoms with E-state index in [4.69, 9.17) is 10.1 Å². The van der Waals surface area contributed by atoms with Gasteiger partial charge in [-0.25, -0.2) is 9.67 Å². The van der Waals surface area contributed by atoms with E-state index in [0.29, 0.717) is 0 Å². The number of aromatic nitrogens is 6. The third kappa shape index (κ3) is 2.56. The fourth-order valence-electron chi connectivity index (χ4n) is 4.13. The van der Waals surface area contributed by atoms with Gasteiger partial charge in [-0.15, -0.1) is 0 Å². The van der Waals surface area contributed by atoms with E-state index < -0.39 is 0 Å². The van der Waals surface area contributed by atoms with Gasteiger partial charge >= 0.3 is 0 Å². The molecule has 6 heteroatoms. The van der Waals surface area contributed by atoms with Crippen molar-refractivity contribution in [3.63, 3.8) is 0 Å². The van der Waals surface area contributed by atoms with Gasteiger partial charge in [-0.05, 0) is 43.2 Å². The van der Waals surface area contributed by atoms with Crippen LogP contribution in [0.2, 0.25) is 0 Å². The predicted molar refractivity (Wildman–Crippen MR) is 112 cm³/mol. The molecule has 5 aromatic rings. The van der Waals surface area contributed by atoms with Crippen LogP contribution >= 0.6 is 0 Å². The number of benzene rings is 1. The molecule has 0 amide bonds. The van der Waals surface area contributed by atoms with E-state index in [2.05, 4.69) is 20.8 Å². The molecule has 0 radical (unpaired) electrons. The summed E-state index contributed by atoms with van der Waals surface area (Å²) in [7, 11) is 0. The molecule has 0 N–H and O–H groups in total. The first-order valence-electron chi connectivity index (χ1n) is 9.79. The molecule has 1 aliphatic heterocycles. The highest BCUT2D eigenvalue weighted by molar-refractivity contribution is 5.87. The van der Waals surface area contributed by atoms with Gasteiger partial charge in [0.2, 0.25) is 0 Å². The Hall–Kier alpha value is -3.80. The first-order valence-corrected chi connectivity index (χ1v) is 9.79. The van der Waals surface area contributed by atoms with Gasteiger partial charge in [-0.2, -0.15) is 10.2 Å². The van der Waals surface area contributed by atoms with E-state index in [0.717, 1.165) is 58.6 Å². The average Bonchev–Trinajstić information content (AvgIpc) is 3.48. The summed E-state index contributed by atoms with van der Waals surface area (Å²) in [5.41, 5.74) is 7.15. The van der Waals surface area contributed by atoms with Crippen molar-refractivity contribution in [3.05, 3.63) is 78.9 Å². The molecule has 0 aliphatic carbocycles. The average molecular weight is 378 g/mol. The molecule has 0 atom stereocenters. The van der Waals surface area contributed by atoms with Crippen molar-refractivity contribution in [2.75, 3.05) is 0 Å². The maximum Gasteiger partial charge on any atom is 0.162 e. The molecule has 0 unspecified atom stereocenters. The van der Waals surface area contributed by atoms with Gasteiger partial charge in [0.05, 0.1) is 17.6 Å². The van der Waals surface area contributed by atoms with E-state index in [9.17, 15) is 0 Å². The van der Waals surface area contributed by atoms with Gasteiger partial charge in [-0.3, -0.25) is 9.67 Å². The van der Waals surface area contributed by atoms with Crippen molar-refractivity contribution in [1.82, 2.24) is 29.5 Å². The number of pyridine rings is 2. The highest BCUT2D eigenvalue weighted by Crippen LogP contribution is 2.37. The second kappa shape index (κ2) is 6.38. The Balaban J connectivity index is 1.53. The summed E-state index contributed by atoms with van der Waals surface area (Å²) in [6.45, 7) is 0.955. The molecule has 6 nitrogen and oxygen atoms in total. The normalized spacial score (nSPS) is 13.1. The van der Waals surface area contributed by atoms with Crippen LogP contribution < -0.4 is 0 Å². The van der Waals surface area contributed by atoms with Crippen molar-refractivity contribution in [2.45, 2.75) is 19.4 Å². The Morgan fingerprint density at radius 2 is 1.79 bits per heavy atom. The Kier molecular flexibility index (Phi) is 3.56. The standard InChI is InChI=1S/C23H18N6/c1-2-7-18(8-3-1)29-23-17(15-26-29)13-16(14-25-23)21-20-10-6-12-28(20)27-22(21)19-9-4-5-11-24-19/h1-5,7-9,11,13-15H,6,10,12H2. The minimum atomic E-state index is 0.850. The molecule has 29 heavy (non-hydrogen) atoms. The van der Waals surface area contributed by atoms with E-state index in [-0.39, 0.29) is 0 Å². The zero-order valence-electron chi connectivity index (χ0n) is 15.7. The third-order valence-electron chi connectivity index (χ3n) is 5.45. The van der Waals surface area contributed by atoms with Crippen LogP contribution in [0.5, 0.6) is 0 Å². The molecular formula is C23H18N6. The highest BCUT2D eigenvalue weighted by Gasteiger charge is 2.25. The Morgan fingerprint density at radius 3 is 2.66 bits per heavy atom. The number of hydrogen-bond acceptors (Lipinski definition) is 4. The first kappa shape index (κ1) is 16.2. The summed E-state index contributed by atoms with van der Waals surface area (Å²) in [5, 5.41) is 10.4. The lowest BCUT2D eigenvalue weighted by atomic mass is 10.0. The van der Waals surface area contributed by atoms with Crippen molar-refractivity contribution in [2.24, 2.45) is 0 Å². The second-order valence-electron chi connectivity index (χ2n) is 7.24. The zero-order chi connectivity index (χ0) is 19.2. The van der Waals surface area contributed by atoms with E-state index in [1.165, 1.54) is 5.69 Å². The van der Waals surface area contributed by atoms with Crippen LogP contribution in [0, 0.1) is 0 Å². The number of aryl methyl sites for hydroxylation is 1. The molecule has 1 aliphatic rings. The van der Waals surface area contributed by atoms with Crippen LogP contribution in [0.15, 0.2) is 73.2 Å². The smallest absolute Gasteiger partial charge is 0.162 e. The summed E-state index contributed by atoms with van der Waals surface area (Å²) < 4.78 is 4.00. The lowest BCUT2D eigenvalue weighted by molar-refractivity contribution is 0.658. The SMILES string of the molecule is c1ccc(-n2ncc3cc(-c4c(-c5ccccn5)nn5c4CCC5)cnc32)cc1. The van der Waals surface area contributed by atoms with Crippen LogP contribution in [0.4, 0.5) is 0 Å². The van der Waals surface area contributed by atoms with Gasteiger partial charge in [-0.1, -0.05) is 24.3 Å². The molecule has 1 aromatic carbocycles. The molecule has 5 heterocycles. The van der Waals surface area contributed by atoms with Crippen molar-refractivity contribution in [1.29, 1.82) is 0 Å². The van der Waals surface area contributed by atoms with Gasteiger partial charge in [0, 0.05) is 41.1 Å². The fraction of sp³-hybridized carbons (Fsp3) is 0.130. The monoisotopic (exact) mass is 378 g/mol. The van der Waals surface area contributed by atoms with Gasteiger partial charge < -0.3 is 0 Å². The van der Waals surface area contributed by atoms with Crippen LogP contribution in [-0.4, -0.2) is 29.5 Å². The number of fused-ring (bicyclic) bond motifs is 2. The molecule has 6 rings (SSSR count). The minimum absolute atomic E-state index is 0.850. The van der Waals surface area contributed by atoms with Crippen LogP contribution in [0.3, 0.4) is 0 Å². The maximum atomic E-state index is 4.88. The maximum absolute atomic E-state index is 4.88. The zero-order valence-corrected chi connectivity index (χ0v) is 15.7. The molecule has 0 spiro atoms. The summed E-state index contributed by atoms with van der Waals surface area (Å²) in [4.78, 5) is 9.32. The van der Waals surface area contributed by atoms with E-state index >= 15 is 0 Å². The number of nitrogens with zero attached hydrogens (tertiary/aromatic N) is 6. The summed E-state index contributed by atoms with van der Waals surface area (Å²) in [6, 6.07) is 18.2. The highest BCUT2D eigenvalue weighted by atomic mass is 15.3. The number of rotatable bonds is 3. The van der Waals surface area contributed by atoms with Crippen LogP contribution in [0.25, 0.3) is 39.2 Å². The third-order valence-corrected chi connectivity index (χ3v) is 5.45. The first-order chi connectivity index (χ1) is 14.4. The number of hydrogen-bond donors (Lipinski definition) is 0. The molecule has 0 fully saturated rings. The van der Waals surface area contributed by atoms with E-state index in [1.54, 1.807) is 0 Å².